The summed E-state index contributed by atoms with van der Waals surface area (Å²) in [6, 6.07) is 1.04. The Bertz CT molecular complexity index is 416. The Balaban J connectivity index is 3.09. The Hall–Kier alpha value is -0.780. The summed E-state index contributed by atoms with van der Waals surface area (Å²) in [7, 11) is 0. The fraction of sp³-hybridized carbons (Fsp3) is 0.583. The van der Waals surface area contributed by atoms with E-state index in [2.05, 4.69) is 26.2 Å². The molecular weight excluding hydrogens is 309 g/mol. The molecule has 0 amide bonds. The minimum Gasteiger partial charge on any atom is -0.365 e. The van der Waals surface area contributed by atoms with Crippen molar-refractivity contribution in [3.05, 3.63) is 22.3 Å². The van der Waals surface area contributed by atoms with Crippen molar-refractivity contribution in [2.45, 2.75) is 45.3 Å². The van der Waals surface area contributed by atoms with Crippen LogP contribution in [0.15, 0.2) is 16.7 Å². The Kier molecular flexibility index (Phi) is 4.64. The number of halogens is 4. The van der Waals surface area contributed by atoms with Gasteiger partial charge in [0.2, 0.25) is 0 Å². The highest BCUT2D eigenvalue weighted by Gasteiger charge is 2.35. The molecule has 2 nitrogen and oxygen atoms in total. The van der Waals surface area contributed by atoms with Crippen molar-refractivity contribution in [3.8, 4) is 0 Å². The molecule has 0 saturated heterocycles. The van der Waals surface area contributed by atoms with Crippen LogP contribution in [0, 0.1) is 0 Å². The van der Waals surface area contributed by atoms with Crippen LogP contribution in [0.5, 0.6) is 0 Å². The van der Waals surface area contributed by atoms with E-state index in [0.717, 1.165) is 18.9 Å². The van der Waals surface area contributed by atoms with Gasteiger partial charge in [-0.05, 0) is 42.3 Å². The molecule has 0 bridgehead atoms. The molecule has 1 aromatic heterocycles. The smallest absolute Gasteiger partial charge is 0.365 e. The molecule has 18 heavy (non-hydrogen) atoms. The second-order valence-corrected chi connectivity index (χ2v) is 5.72. The molecular formula is C12H16BrF3N2. The zero-order valence-electron chi connectivity index (χ0n) is 10.5. The molecule has 0 spiro atoms. The molecule has 1 N–H and O–H groups in total. The van der Waals surface area contributed by atoms with Crippen molar-refractivity contribution >= 4 is 21.7 Å². The highest BCUT2D eigenvalue weighted by Crippen LogP contribution is 2.36. The third-order valence-electron chi connectivity index (χ3n) is 2.49. The van der Waals surface area contributed by atoms with Gasteiger partial charge in [0.1, 0.15) is 5.82 Å². The van der Waals surface area contributed by atoms with Gasteiger partial charge in [0.15, 0.2) is 0 Å². The summed E-state index contributed by atoms with van der Waals surface area (Å²) in [5.41, 5.74) is -1.17. The summed E-state index contributed by atoms with van der Waals surface area (Å²) in [5.74, 6) is -0.121. The molecule has 6 heteroatoms. The predicted molar refractivity (Wildman–Crippen MR) is 69.5 cm³/mol. The molecule has 0 aromatic carbocycles. The maximum Gasteiger partial charge on any atom is 0.419 e. The average molecular weight is 325 g/mol. The van der Waals surface area contributed by atoms with Gasteiger partial charge in [0.25, 0.3) is 0 Å². The number of hydrogen-bond acceptors (Lipinski definition) is 2. The second-order valence-electron chi connectivity index (χ2n) is 4.81. The lowest BCUT2D eigenvalue weighted by Crippen LogP contribution is -2.32. The molecule has 0 aliphatic rings. The number of anilines is 1. The normalized spacial score (nSPS) is 12.6. The van der Waals surface area contributed by atoms with Gasteiger partial charge < -0.3 is 5.32 Å². The summed E-state index contributed by atoms with van der Waals surface area (Å²) in [6.45, 7) is 5.71. The van der Waals surface area contributed by atoms with Gasteiger partial charge >= 0.3 is 6.18 Å². The van der Waals surface area contributed by atoms with Crippen molar-refractivity contribution in [2.75, 3.05) is 5.32 Å². The van der Waals surface area contributed by atoms with Gasteiger partial charge in [0.05, 0.1) is 5.56 Å². The summed E-state index contributed by atoms with van der Waals surface area (Å²) in [5, 5.41) is 2.87. The Morgan fingerprint density at radius 1 is 1.33 bits per heavy atom. The van der Waals surface area contributed by atoms with Crippen LogP contribution in [0.25, 0.3) is 0 Å². The topological polar surface area (TPSA) is 24.9 Å². The summed E-state index contributed by atoms with van der Waals surface area (Å²) in [6.07, 6.45) is -1.40. The molecule has 1 rings (SSSR count). The Morgan fingerprint density at radius 3 is 2.44 bits per heavy atom. The Morgan fingerprint density at radius 2 is 1.94 bits per heavy atom. The number of alkyl halides is 3. The van der Waals surface area contributed by atoms with Crippen molar-refractivity contribution in [1.29, 1.82) is 0 Å². The molecule has 1 aromatic rings. The van der Waals surface area contributed by atoms with Crippen molar-refractivity contribution in [3.63, 3.8) is 0 Å². The molecule has 0 aliphatic carbocycles. The second kappa shape index (κ2) is 5.47. The number of rotatable bonds is 4. The SMILES string of the molecule is CCCC(C)(C)Nc1ncc(Br)cc1C(F)(F)F. The first-order valence-corrected chi connectivity index (χ1v) is 6.46. The summed E-state index contributed by atoms with van der Waals surface area (Å²) in [4.78, 5) is 3.83. The van der Waals surface area contributed by atoms with Crippen LogP contribution in [0.3, 0.4) is 0 Å². The highest BCUT2D eigenvalue weighted by atomic mass is 79.9. The molecule has 102 valence electrons. The lowest BCUT2D eigenvalue weighted by atomic mass is 9.98. The summed E-state index contributed by atoms with van der Waals surface area (Å²) >= 11 is 3.01. The fourth-order valence-electron chi connectivity index (χ4n) is 1.76. The molecule has 1 heterocycles. The number of hydrogen-bond donors (Lipinski definition) is 1. The quantitative estimate of drug-likeness (QED) is 0.856. The van der Waals surface area contributed by atoms with E-state index in [-0.39, 0.29) is 5.82 Å². The fourth-order valence-corrected chi connectivity index (χ4v) is 2.09. The monoisotopic (exact) mass is 324 g/mol. The lowest BCUT2D eigenvalue weighted by molar-refractivity contribution is -0.137. The number of pyridine rings is 1. The maximum absolute atomic E-state index is 12.9. The van der Waals surface area contributed by atoms with E-state index < -0.39 is 17.3 Å². The van der Waals surface area contributed by atoms with Crippen molar-refractivity contribution < 1.29 is 13.2 Å². The van der Waals surface area contributed by atoms with E-state index in [4.69, 9.17) is 0 Å². The molecule has 0 radical (unpaired) electrons. The zero-order chi connectivity index (χ0) is 14.0. The van der Waals surface area contributed by atoms with Gasteiger partial charge in [-0.3, -0.25) is 0 Å². The van der Waals surface area contributed by atoms with Crippen LogP contribution in [0.1, 0.15) is 39.2 Å². The van der Waals surface area contributed by atoms with E-state index in [1.54, 1.807) is 0 Å². The van der Waals surface area contributed by atoms with Crippen LogP contribution in [0.4, 0.5) is 19.0 Å². The van der Waals surface area contributed by atoms with E-state index in [1.807, 2.05) is 20.8 Å². The predicted octanol–water partition coefficient (Wildman–Crippen LogP) is 4.85. The summed E-state index contributed by atoms with van der Waals surface area (Å²) < 4.78 is 39.0. The first kappa shape index (κ1) is 15.3. The standard InChI is InChI=1S/C12H16BrF3N2/c1-4-5-11(2,3)18-10-9(12(14,15)16)6-8(13)7-17-10/h6-7H,4-5H2,1-3H3,(H,17,18). The number of nitrogens with one attached hydrogen (secondary N) is 1. The van der Waals surface area contributed by atoms with Crippen LogP contribution in [-0.4, -0.2) is 10.5 Å². The Labute approximate surface area is 113 Å². The number of aromatic nitrogens is 1. The van der Waals surface area contributed by atoms with E-state index in [1.165, 1.54) is 6.20 Å². The van der Waals surface area contributed by atoms with E-state index in [9.17, 15) is 13.2 Å². The zero-order valence-corrected chi connectivity index (χ0v) is 12.1. The van der Waals surface area contributed by atoms with Crippen LogP contribution < -0.4 is 5.32 Å². The van der Waals surface area contributed by atoms with Crippen LogP contribution in [0.2, 0.25) is 0 Å². The first-order chi connectivity index (χ1) is 8.15. The first-order valence-electron chi connectivity index (χ1n) is 5.66. The molecule has 0 unspecified atom stereocenters. The van der Waals surface area contributed by atoms with Crippen LogP contribution >= 0.6 is 15.9 Å². The van der Waals surface area contributed by atoms with Gasteiger partial charge in [-0.2, -0.15) is 13.2 Å². The molecule has 0 saturated carbocycles. The van der Waals surface area contributed by atoms with Gasteiger partial charge in [-0.25, -0.2) is 4.98 Å². The van der Waals surface area contributed by atoms with Gasteiger partial charge in [-0.1, -0.05) is 13.3 Å². The molecule has 0 fully saturated rings. The van der Waals surface area contributed by atoms with Gasteiger partial charge in [-0.15, -0.1) is 0 Å². The van der Waals surface area contributed by atoms with Crippen molar-refractivity contribution in [1.82, 2.24) is 4.98 Å². The average Bonchev–Trinajstić information content (AvgIpc) is 2.18. The minimum absolute atomic E-state index is 0.121. The van der Waals surface area contributed by atoms with E-state index >= 15 is 0 Å². The minimum atomic E-state index is -4.42. The molecule has 0 aliphatic heterocycles. The highest BCUT2D eigenvalue weighted by molar-refractivity contribution is 9.10. The third-order valence-corrected chi connectivity index (χ3v) is 2.93. The number of nitrogens with zero attached hydrogens (tertiary/aromatic N) is 1. The molecule has 0 atom stereocenters. The largest absolute Gasteiger partial charge is 0.419 e. The van der Waals surface area contributed by atoms with Gasteiger partial charge in [0, 0.05) is 16.2 Å². The lowest BCUT2D eigenvalue weighted by Gasteiger charge is -2.28. The van der Waals surface area contributed by atoms with E-state index in [0.29, 0.717) is 4.47 Å². The van der Waals surface area contributed by atoms with Crippen LogP contribution in [-0.2, 0) is 6.18 Å². The maximum atomic E-state index is 12.9. The van der Waals surface area contributed by atoms with Crippen molar-refractivity contribution in [2.24, 2.45) is 0 Å². The third kappa shape index (κ3) is 4.15.